The molecule has 0 saturated heterocycles. The Balaban J connectivity index is 2.02. The van der Waals surface area contributed by atoms with Crippen molar-refractivity contribution in [1.82, 2.24) is 5.32 Å². The summed E-state index contributed by atoms with van der Waals surface area (Å²) in [4.78, 5) is 0. The predicted molar refractivity (Wildman–Crippen MR) is 99.7 cm³/mol. The summed E-state index contributed by atoms with van der Waals surface area (Å²) in [7, 11) is 1.69. The Hall–Kier alpha value is -2.00. The third kappa shape index (κ3) is 5.57. The van der Waals surface area contributed by atoms with Gasteiger partial charge in [0, 0.05) is 12.1 Å². The first-order chi connectivity index (χ1) is 11.7. The van der Waals surface area contributed by atoms with Gasteiger partial charge in [-0.2, -0.15) is 0 Å². The Morgan fingerprint density at radius 2 is 1.88 bits per heavy atom. The van der Waals surface area contributed by atoms with Crippen molar-refractivity contribution in [2.75, 3.05) is 13.7 Å². The second-order valence-corrected chi connectivity index (χ2v) is 6.11. The molecule has 3 heteroatoms. The summed E-state index contributed by atoms with van der Waals surface area (Å²) in [5.74, 6) is 1.63. The second-order valence-electron chi connectivity index (χ2n) is 6.11. The zero-order valence-corrected chi connectivity index (χ0v) is 15.1. The van der Waals surface area contributed by atoms with Gasteiger partial charge in [-0.3, -0.25) is 0 Å². The number of unbranched alkanes of at least 4 members (excludes halogenated alkanes) is 2. The SMILES string of the molecule is CCCCCNCc1cccc(OC)c1OCc1cccc(C)c1. The molecule has 0 amide bonds. The molecule has 0 aliphatic rings. The van der Waals surface area contributed by atoms with Gasteiger partial charge in [0.1, 0.15) is 6.61 Å². The molecule has 1 N–H and O–H groups in total. The highest BCUT2D eigenvalue weighted by atomic mass is 16.5. The molecule has 0 unspecified atom stereocenters. The number of methoxy groups -OCH3 is 1. The molecule has 0 spiro atoms. The van der Waals surface area contributed by atoms with Gasteiger partial charge in [-0.05, 0) is 31.5 Å². The first kappa shape index (κ1) is 18.3. The van der Waals surface area contributed by atoms with Crippen LogP contribution in [-0.2, 0) is 13.2 Å². The molecule has 0 aliphatic carbocycles. The highest BCUT2D eigenvalue weighted by Crippen LogP contribution is 2.31. The molecule has 0 radical (unpaired) electrons. The van der Waals surface area contributed by atoms with Gasteiger partial charge in [-0.25, -0.2) is 0 Å². The molecule has 0 atom stereocenters. The fraction of sp³-hybridized carbons (Fsp3) is 0.429. The largest absolute Gasteiger partial charge is 0.493 e. The summed E-state index contributed by atoms with van der Waals surface area (Å²) in [6.07, 6.45) is 3.72. The van der Waals surface area contributed by atoms with Gasteiger partial charge in [0.05, 0.1) is 7.11 Å². The molecule has 3 nitrogen and oxygen atoms in total. The van der Waals surface area contributed by atoms with E-state index in [-0.39, 0.29) is 0 Å². The lowest BCUT2D eigenvalue weighted by Crippen LogP contribution is -2.15. The number of rotatable bonds is 10. The fourth-order valence-electron chi connectivity index (χ4n) is 2.71. The third-order valence-electron chi connectivity index (χ3n) is 4.02. The Morgan fingerprint density at radius 3 is 2.62 bits per heavy atom. The van der Waals surface area contributed by atoms with E-state index in [1.54, 1.807) is 7.11 Å². The van der Waals surface area contributed by atoms with Crippen LogP contribution < -0.4 is 14.8 Å². The van der Waals surface area contributed by atoms with E-state index in [2.05, 4.69) is 49.5 Å². The van der Waals surface area contributed by atoms with Crippen molar-refractivity contribution in [2.45, 2.75) is 46.3 Å². The van der Waals surface area contributed by atoms with E-state index in [1.807, 2.05) is 12.1 Å². The molecule has 0 fully saturated rings. The van der Waals surface area contributed by atoms with E-state index in [0.29, 0.717) is 6.61 Å². The third-order valence-corrected chi connectivity index (χ3v) is 4.02. The smallest absolute Gasteiger partial charge is 0.166 e. The summed E-state index contributed by atoms with van der Waals surface area (Å²) in [6.45, 7) is 6.69. The minimum Gasteiger partial charge on any atom is -0.493 e. The molecule has 24 heavy (non-hydrogen) atoms. The van der Waals surface area contributed by atoms with Crippen LogP contribution in [0.2, 0.25) is 0 Å². The zero-order valence-electron chi connectivity index (χ0n) is 15.1. The molecular formula is C21H29NO2. The van der Waals surface area contributed by atoms with Crippen LogP contribution in [0.4, 0.5) is 0 Å². The second kappa shape index (κ2) is 9.99. The highest BCUT2D eigenvalue weighted by molar-refractivity contribution is 5.46. The topological polar surface area (TPSA) is 30.5 Å². The molecular weight excluding hydrogens is 298 g/mol. The van der Waals surface area contributed by atoms with Gasteiger partial charge in [-0.15, -0.1) is 0 Å². The van der Waals surface area contributed by atoms with E-state index in [4.69, 9.17) is 9.47 Å². The fourth-order valence-corrected chi connectivity index (χ4v) is 2.71. The molecule has 0 bridgehead atoms. The average Bonchev–Trinajstić information content (AvgIpc) is 2.60. The maximum atomic E-state index is 6.11. The normalized spacial score (nSPS) is 10.6. The summed E-state index contributed by atoms with van der Waals surface area (Å²) >= 11 is 0. The number of ether oxygens (including phenoxy) is 2. The van der Waals surface area contributed by atoms with Crippen LogP contribution in [0.25, 0.3) is 0 Å². The van der Waals surface area contributed by atoms with Gasteiger partial charge in [0.15, 0.2) is 11.5 Å². The van der Waals surface area contributed by atoms with Crippen LogP contribution in [0, 0.1) is 6.92 Å². The van der Waals surface area contributed by atoms with Crippen molar-refractivity contribution in [1.29, 1.82) is 0 Å². The molecule has 2 rings (SSSR count). The van der Waals surface area contributed by atoms with Crippen molar-refractivity contribution >= 4 is 0 Å². The van der Waals surface area contributed by atoms with Crippen molar-refractivity contribution in [3.05, 3.63) is 59.2 Å². The summed E-state index contributed by atoms with van der Waals surface area (Å²) in [5.41, 5.74) is 3.55. The minimum absolute atomic E-state index is 0.547. The number of para-hydroxylation sites is 1. The van der Waals surface area contributed by atoms with Crippen LogP contribution in [0.15, 0.2) is 42.5 Å². The number of hydrogen-bond acceptors (Lipinski definition) is 3. The van der Waals surface area contributed by atoms with Gasteiger partial charge >= 0.3 is 0 Å². The lowest BCUT2D eigenvalue weighted by atomic mass is 10.1. The van der Waals surface area contributed by atoms with Gasteiger partial charge in [0.2, 0.25) is 0 Å². The van der Waals surface area contributed by atoms with Crippen molar-refractivity contribution in [2.24, 2.45) is 0 Å². The highest BCUT2D eigenvalue weighted by Gasteiger charge is 2.10. The Morgan fingerprint density at radius 1 is 1.04 bits per heavy atom. The standard InChI is InChI=1S/C21H29NO2/c1-4-5-6-13-22-15-19-11-8-12-20(23-3)21(19)24-16-18-10-7-9-17(2)14-18/h7-12,14,22H,4-6,13,15-16H2,1-3H3. The monoisotopic (exact) mass is 327 g/mol. The van der Waals surface area contributed by atoms with Crippen molar-refractivity contribution in [3.63, 3.8) is 0 Å². The number of hydrogen-bond donors (Lipinski definition) is 1. The van der Waals surface area contributed by atoms with E-state index in [0.717, 1.165) is 30.2 Å². The average molecular weight is 327 g/mol. The maximum Gasteiger partial charge on any atom is 0.166 e. The Bertz CT molecular complexity index is 625. The van der Waals surface area contributed by atoms with Gasteiger partial charge < -0.3 is 14.8 Å². The van der Waals surface area contributed by atoms with E-state index < -0.39 is 0 Å². The zero-order chi connectivity index (χ0) is 17.2. The predicted octanol–water partition coefficient (Wildman–Crippen LogP) is 4.86. The van der Waals surface area contributed by atoms with Crippen LogP contribution in [-0.4, -0.2) is 13.7 Å². The Labute approximate surface area is 146 Å². The summed E-state index contributed by atoms with van der Waals surface area (Å²) in [6, 6.07) is 14.5. The van der Waals surface area contributed by atoms with E-state index >= 15 is 0 Å². The van der Waals surface area contributed by atoms with Crippen LogP contribution in [0.1, 0.15) is 42.9 Å². The minimum atomic E-state index is 0.547. The summed E-state index contributed by atoms with van der Waals surface area (Å²) in [5, 5.41) is 3.50. The van der Waals surface area contributed by atoms with Crippen LogP contribution >= 0.6 is 0 Å². The number of benzene rings is 2. The first-order valence-corrected chi connectivity index (χ1v) is 8.79. The molecule has 0 saturated carbocycles. The quantitative estimate of drug-likeness (QED) is 0.632. The van der Waals surface area contributed by atoms with Gasteiger partial charge in [-0.1, -0.05) is 61.7 Å². The van der Waals surface area contributed by atoms with Crippen LogP contribution in [0.5, 0.6) is 11.5 Å². The van der Waals surface area contributed by atoms with Crippen molar-refractivity contribution < 1.29 is 9.47 Å². The van der Waals surface area contributed by atoms with E-state index in [1.165, 1.54) is 30.4 Å². The lowest BCUT2D eigenvalue weighted by molar-refractivity contribution is 0.280. The van der Waals surface area contributed by atoms with Gasteiger partial charge in [0.25, 0.3) is 0 Å². The molecule has 0 aliphatic heterocycles. The molecule has 2 aromatic rings. The molecule has 0 heterocycles. The molecule has 130 valence electrons. The van der Waals surface area contributed by atoms with Crippen LogP contribution in [0.3, 0.4) is 0 Å². The van der Waals surface area contributed by atoms with E-state index in [9.17, 15) is 0 Å². The Kier molecular flexibility index (Phi) is 7.63. The lowest BCUT2D eigenvalue weighted by Gasteiger charge is -2.16. The number of aryl methyl sites for hydroxylation is 1. The molecule has 2 aromatic carbocycles. The first-order valence-electron chi connectivity index (χ1n) is 8.79. The maximum absolute atomic E-state index is 6.11. The van der Waals surface area contributed by atoms with Crippen molar-refractivity contribution in [3.8, 4) is 11.5 Å². The summed E-state index contributed by atoms with van der Waals surface area (Å²) < 4.78 is 11.6. The molecule has 0 aromatic heterocycles. The number of nitrogens with one attached hydrogen (secondary N) is 1.